The maximum absolute atomic E-state index is 13.7. The Bertz CT molecular complexity index is 1180. The van der Waals surface area contributed by atoms with Crippen molar-refractivity contribution in [3.8, 4) is 0 Å². The number of carbonyl (C=O) groups is 2. The minimum atomic E-state index is -4.16. The molecule has 1 amide bonds. The fraction of sp³-hybridized carbons (Fsp3) is 0.310. The third-order valence-corrected chi connectivity index (χ3v) is 8.04. The second kappa shape index (κ2) is 15.1. The predicted octanol–water partition coefficient (Wildman–Crippen LogP) is 5.15. The summed E-state index contributed by atoms with van der Waals surface area (Å²) in [4.78, 5) is 36.5. The van der Waals surface area contributed by atoms with Crippen molar-refractivity contribution in [1.29, 1.82) is 0 Å². The van der Waals surface area contributed by atoms with Gasteiger partial charge in [0, 0.05) is 12.6 Å². The van der Waals surface area contributed by atoms with Crippen molar-refractivity contribution < 1.29 is 33.3 Å². The maximum Gasteiger partial charge on any atom is 0.408 e. The highest BCUT2D eigenvalue weighted by atomic mass is 31.2. The lowest BCUT2D eigenvalue weighted by Gasteiger charge is -2.27. The van der Waals surface area contributed by atoms with Crippen LogP contribution in [0.2, 0.25) is 0 Å². The molecule has 3 rings (SSSR count). The second-order valence-electron chi connectivity index (χ2n) is 8.80. The van der Waals surface area contributed by atoms with Gasteiger partial charge in [-0.05, 0) is 23.6 Å². The Morgan fingerprint density at radius 3 is 1.89 bits per heavy atom. The zero-order chi connectivity index (χ0) is 27.2. The van der Waals surface area contributed by atoms with Crippen molar-refractivity contribution in [2.75, 3.05) is 19.4 Å². The van der Waals surface area contributed by atoms with Gasteiger partial charge in [-0.15, -0.1) is 0 Å². The number of benzene rings is 3. The number of hydrogen-bond acceptors (Lipinski definition) is 6. The van der Waals surface area contributed by atoms with Crippen LogP contribution in [0.25, 0.3) is 0 Å². The molecule has 8 nitrogen and oxygen atoms in total. The standard InChI is InChI=1S/C29H34NO7P/c1-2-36-28(31)26(21-35-19-24-14-8-4-9-15-24)22-38(33,34)27(18-23-12-6-3-7-13-23)30-29(32)37-20-25-16-10-5-11-17-25/h3-17,26-27H,2,18-22H2,1H3,(H,30,32)(H,33,34). The van der Waals surface area contributed by atoms with Crippen molar-refractivity contribution in [2.24, 2.45) is 5.92 Å². The van der Waals surface area contributed by atoms with E-state index in [4.69, 9.17) is 14.2 Å². The number of amides is 1. The van der Waals surface area contributed by atoms with Crippen LogP contribution in [0.15, 0.2) is 91.0 Å². The third-order valence-electron chi connectivity index (χ3n) is 5.79. The van der Waals surface area contributed by atoms with Crippen LogP contribution >= 0.6 is 7.37 Å². The molecule has 0 saturated carbocycles. The first kappa shape index (κ1) is 29.1. The molecular formula is C29H34NO7P. The molecule has 3 atom stereocenters. The molecule has 0 aliphatic carbocycles. The first-order chi connectivity index (χ1) is 18.4. The van der Waals surface area contributed by atoms with Crippen LogP contribution in [0.1, 0.15) is 23.6 Å². The molecule has 0 radical (unpaired) electrons. The Hall–Kier alpha value is -3.45. The average Bonchev–Trinajstić information content (AvgIpc) is 2.93. The zero-order valence-corrected chi connectivity index (χ0v) is 22.3. The summed E-state index contributed by atoms with van der Waals surface area (Å²) in [6, 6.07) is 27.6. The molecule has 3 aromatic rings. The highest BCUT2D eigenvalue weighted by Gasteiger charge is 2.38. The van der Waals surface area contributed by atoms with Gasteiger partial charge in [-0.2, -0.15) is 0 Å². The number of nitrogens with one attached hydrogen (secondary N) is 1. The molecule has 0 spiro atoms. The van der Waals surface area contributed by atoms with E-state index in [2.05, 4.69) is 5.32 Å². The smallest absolute Gasteiger partial charge is 0.408 e. The lowest BCUT2D eigenvalue weighted by Crippen LogP contribution is -2.39. The van der Waals surface area contributed by atoms with Crippen LogP contribution in [-0.4, -0.2) is 42.1 Å². The topological polar surface area (TPSA) is 111 Å². The van der Waals surface area contributed by atoms with E-state index in [1.165, 1.54) is 0 Å². The number of ether oxygens (including phenoxy) is 3. The molecule has 2 N–H and O–H groups in total. The number of hydrogen-bond donors (Lipinski definition) is 2. The number of rotatable bonds is 14. The van der Waals surface area contributed by atoms with Crippen LogP contribution in [0.5, 0.6) is 0 Å². The number of alkyl carbamates (subject to hydrolysis) is 1. The van der Waals surface area contributed by atoms with Gasteiger partial charge in [0.15, 0.2) is 0 Å². The molecule has 0 aromatic heterocycles. The molecular weight excluding hydrogens is 505 g/mol. The van der Waals surface area contributed by atoms with E-state index in [0.717, 1.165) is 16.7 Å². The Morgan fingerprint density at radius 2 is 1.34 bits per heavy atom. The molecule has 38 heavy (non-hydrogen) atoms. The molecule has 202 valence electrons. The van der Waals surface area contributed by atoms with Gasteiger partial charge in [0.05, 0.1) is 25.7 Å². The fourth-order valence-corrected chi connectivity index (χ4v) is 5.77. The van der Waals surface area contributed by atoms with Crippen molar-refractivity contribution >= 4 is 19.4 Å². The van der Waals surface area contributed by atoms with Gasteiger partial charge in [-0.25, -0.2) is 4.79 Å². The molecule has 0 bridgehead atoms. The Kier molecular flexibility index (Phi) is 11.6. The Morgan fingerprint density at radius 1 is 0.816 bits per heavy atom. The van der Waals surface area contributed by atoms with E-state index in [1.54, 1.807) is 31.2 Å². The van der Waals surface area contributed by atoms with Crippen molar-refractivity contribution in [3.63, 3.8) is 0 Å². The maximum atomic E-state index is 13.7. The Labute approximate surface area is 223 Å². The summed E-state index contributed by atoms with van der Waals surface area (Å²) in [6.07, 6.45) is -1.16. The molecule has 0 saturated heterocycles. The van der Waals surface area contributed by atoms with Gasteiger partial charge < -0.3 is 24.4 Å². The SMILES string of the molecule is CCOC(=O)C(COCc1ccccc1)CP(=O)(O)C(Cc1ccccc1)NC(=O)OCc1ccccc1. The molecule has 9 heteroatoms. The van der Waals surface area contributed by atoms with Crippen molar-refractivity contribution in [3.05, 3.63) is 108 Å². The molecule has 0 heterocycles. The van der Waals surface area contributed by atoms with Crippen LogP contribution in [0.3, 0.4) is 0 Å². The molecule has 0 aliphatic heterocycles. The molecule has 0 aliphatic rings. The van der Waals surface area contributed by atoms with Crippen LogP contribution in [0.4, 0.5) is 4.79 Å². The molecule has 3 aromatic carbocycles. The normalized spacial score (nSPS) is 14.1. The largest absolute Gasteiger partial charge is 0.466 e. The summed E-state index contributed by atoms with van der Waals surface area (Å²) in [5.74, 6) is -2.80. The van der Waals surface area contributed by atoms with Gasteiger partial charge >= 0.3 is 12.1 Å². The minimum Gasteiger partial charge on any atom is -0.466 e. The third kappa shape index (κ3) is 9.78. The number of carbonyl (C=O) groups excluding carboxylic acids is 2. The van der Waals surface area contributed by atoms with Gasteiger partial charge in [0.2, 0.25) is 7.37 Å². The van der Waals surface area contributed by atoms with Gasteiger partial charge in [-0.1, -0.05) is 91.0 Å². The minimum absolute atomic E-state index is 0.0131. The lowest BCUT2D eigenvalue weighted by atomic mass is 10.1. The highest BCUT2D eigenvalue weighted by molar-refractivity contribution is 7.58. The monoisotopic (exact) mass is 539 g/mol. The summed E-state index contributed by atoms with van der Waals surface area (Å²) in [7, 11) is -4.16. The molecule has 3 unspecified atom stereocenters. The van der Waals surface area contributed by atoms with E-state index in [-0.39, 0.29) is 32.8 Å². The van der Waals surface area contributed by atoms with Gasteiger partial charge in [0.1, 0.15) is 12.4 Å². The average molecular weight is 540 g/mol. The summed E-state index contributed by atoms with van der Waals surface area (Å²) in [5, 5.41) is 2.57. The van der Waals surface area contributed by atoms with Crippen molar-refractivity contribution in [2.45, 2.75) is 32.3 Å². The Balaban J connectivity index is 1.71. The summed E-state index contributed by atoms with van der Waals surface area (Å²) in [5.41, 5.74) is 2.45. The summed E-state index contributed by atoms with van der Waals surface area (Å²) in [6.45, 7) is 1.94. The fourth-order valence-electron chi connectivity index (χ4n) is 3.82. The zero-order valence-electron chi connectivity index (χ0n) is 21.4. The first-order valence-electron chi connectivity index (χ1n) is 12.5. The van der Waals surface area contributed by atoms with E-state index in [9.17, 15) is 19.0 Å². The van der Waals surface area contributed by atoms with Crippen LogP contribution < -0.4 is 5.32 Å². The lowest BCUT2D eigenvalue weighted by molar-refractivity contribution is -0.149. The van der Waals surface area contributed by atoms with E-state index in [0.29, 0.717) is 0 Å². The van der Waals surface area contributed by atoms with Gasteiger partial charge in [-0.3, -0.25) is 9.36 Å². The van der Waals surface area contributed by atoms with E-state index in [1.807, 2.05) is 66.7 Å². The number of esters is 1. The van der Waals surface area contributed by atoms with Crippen LogP contribution in [-0.2, 0) is 43.2 Å². The second-order valence-corrected chi connectivity index (χ2v) is 11.3. The molecule has 0 fully saturated rings. The summed E-state index contributed by atoms with van der Waals surface area (Å²) >= 11 is 0. The van der Waals surface area contributed by atoms with Crippen LogP contribution in [0, 0.1) is 5.92 Å². The van der Waals surface area contributed by atoms with E-state index < -0.39 is 37.3 Å². The summed E-state index contributed by atoms with van der Waals surface area (Å²) < 4.78 is 29.9. The predicted molar refractivity (Wildman–Crippen MR) is 145 cm³/mol. The highest BCUT2D eigenvalue weighted by Crippen LogP contribution is 2.48. The van der Waals surface area contributed by atoms with E-state index >= 15 is 0 Å². The van der Waals surface area contributed by atoms with Gasteiger partial charge in [0.25, 0.3) is 0 Å². The quantitative estimate of drug-likeness (QED) is 0.215. The van der Waals surface area contributed by atoms with Crippen molar-refractivity contribution in [1.82, 2.24) is 5.32 Å². The first-order valence-corrected chi connectivity index (χ1v) is 14.4.